The van der Waals surface area contributed by atoms with E-state index in [4.69, 9.17) is 0 Å². The quantitative estimate of drug-likeness (QED) is 0.793. The van der Waals surface area contributed by atoms with Crippen LogP contribution in [0.1, 0.15) is 23.2 Å². The van der Waals surface area contributed by atoms with E-state index in [0.29, 0.717) is 11.5 Å². The number of pyridine rings is 1. The zero-order valence-electron chi connectivity index (χ0n) is 16.7. The van der Waals surface area contributed by atoms with Crippen molar-refractivity contribution in [1.29, 1.82) is 0 Å². The van der Waals surface area contributed by atoms with Crippen LogP contribution in [0.15, 0.2) is 42.7 Å². The molecule has 1 aromatic carbocycles. The van der Waals surface area contributed by atoms with Gasteiger partial charge in [-0.25, -0.2) is 0 Å². The first-order chi connectivity index (χ1) is 12.6. The molecule has 0 atom stereocenters. The fourth-order valence-electron chi connectivity index (χ4n) is 3.48. The molecule has 2 aromatic rings. The molecule has 0 saturated carbocycles. The number of nitrogens with one attached hydrogen (secondary N) is 1. The predicted molar refractivity (Wildman–Crippen MR) is 121 cm³/mol. The summed E-state index contributed by atoms with van der Waals surface area (Å²) in [5, 5.41) is 3.23. The minimum Gasteiger partial charge on any atom is -0.378 e. The molecule has 28 heavy (non-hydrogen) atoms. The average Bonchev–Trinajstić information content (AvgIpc) is 2.68. The molecule has 0 unspecified atom stereocenters. The van der Waals surface area contributed by atoms with Crippen LogP contribution in [-0.4, -0.2) is 56.6 Å². The Hall–Kier alpha value is -1.82. The lowest BCUT2D eigenvalue weighted by atomic mass is 9.96. The van der Waals surface area contributed by atoms with E-state index in [1.807, 2.05) is 38.3 Å². The normalized spacial score (nSPS) is 14.0. The molecular formula is C21H30Cl2N4O. The van der Waals surface area contributed by atoms with Crippen LogP contribution >= 0.6 is 24.8 Å². The van der Waals surface area contributed by atoms with Gasteiger partial charge in [-0.3, -0.25) is 9.78 Å². The van der Waals surface area contributed by atoms with E-state index in [-0.39, 0.29) is 30.7 Å². The van der Waals surface area contributed by atoms with E-state index < -0.39 is 0 Å². The van der Waals surface area contributed by atoms with E-state index >= 15 is 0 Å². The number of likely N-dealkylation sites (tertiary alicyclic amines) is 1. The largest absolute Gasteiger partial charge is 0.378 e. The first-order valence-electron chi connectivity index (χ1n) is 9.25. The van der Waals surface area contributed by atoms with E-state index in [2.05, 4.69) is 39.5 Å². The van der Waals surface area contributed by atoms with Crippen LogP contribution < -0.4 is 10.2 Å². The molecule has 0 aliphatic carbocycles. The van der Waals surface area contributed by atoms with Gasteiger partial charge in [0.25, 0.3) is 5.91 Å². The molecule has 1 fully saturated rings. The highest BCUT2D eigenvalue weighted by Gasteiger charge is 2.23. The molecule has 7 heteroatoms. The van der Waals surface area contributed by atoms with Gasteiger partial charge in [-0.1, -0.05) is 12.1 Å². The minimum atomic E-state index is 0. The number of amides is 1. The number of carbonyl (C=O) groups is 1. The van der Waals surface area contributed by atoms with Crippen LogP contribution in [0.25, 0.3) is 11.1 Å². The van der Waals surface area contributed by atoms with E-state index in [9.17, 15) is 4.79 Å². The van der Waals surface area contributed by atoms with Crippen molar-refractivity contribution >= 4 is 36.4 Å². The van der Waals surface area contributed by atoms with Crippen LogP contribution in [0, 0.1) is 5.92 Å². The maximum atomic E-state index is 12.9. The van der Waals surface area contributed by atoms with E-state index in [0.717, 1.165) is 49.3 Å². The van der Waals surface area contributed by atoms with Crippen molar-refractivity contribution in [3.8, 4) is 11.1 Å². The smallest absolute Gasteiger partial charge is 0.255 e. The van der Waals surface area contributed by atoms with Gasteiger partial charge < -0.3 is 15.1 Å². The van der Waals surface area contributed by atoms with Crippen molar-refractivity contribution in [1.82, 2.24) is 15.2 Å². The Morgan fingerprint density at radius 3 is 2.32 bits per heavy atom. The number of hydrogen-bond donors (Lipinski definition) is 1. The second kappa shape index (κ2) is 11.2. The molecule has 0 bridgehead atoms. The van der Waals surface area contributed by atoms with Crippen molar-refractivity contribution < 1.29 is 4.79 Å². The average molecular weight is 425 g/mol. The Morgan fingerprint density at radius 1 is 1.11 bits per heavy atom. The highest BCUT2D eigenvalue weighted by atomic mass is 35.5. The molecule has 0 radical (unpaired) electrons. The van der Waals surface area contributed by atoms with Crippen molar-refractivity contribution in [2.24, 2.45) is 5.92 Å². The second-order valence-electron chi connectivity index (χ2n) is 7.20. The van der Waals surface area contributed by atoms with Gasteiger partial charge in [-0.2, -0.15) is 0 Å². The van der Waals surface area contributed by atoms with Gasteiger partial charge in [0.05, 0.1) is 5.56 Å². The third-order valence-corrected chi connectivity index (χ3v) is 5.10. The summed E-state index contributed by atoms with van der Waals surface area (Å²) >= 11 is 0. The molecule has 0 spiro atoms. The summed E-state index contributed by atoms with van der Waals surface area (Å²) in [6.45, 7) is 2.68. The third kappa shape index (κ3) is 5.84. The summed E-state index contributed by atoms with van der Waals surface area (Å²) in [5.74, 6) is 0.760. The fourth-order valence-corrected chi connectivity index (χ4v) is 3.48. The zero-order chi connectivity index (χ0) is 18.5. The number of benzene rings is 1. The number of hydrogen-bond acceptors (Lipinski definition) is 4. The van der Waals surface area contributed by atoms with E-state index in [1.165, 1.54) is 0 Å². The Kier molecular flexibility index (Phi) is 9.73. The van der Waals surface area contributed by atoms with Crippen LogP contribution in [0.4, 0.5) is 5.69 Å². The summed E-state index contributed by atoms with van der Waals surface area (Å²) in [6.07, 6.45) is 5.62. The monoisotopic (exact) mass is 424 g/mol. The number of anilines is 1. The molecule has 2 heterocycles. The van der Waals surface area contributed by atoms with Crippen molar-refractivity contribution in [2.45, 2.75) is 12.8 Å². The van der Waals surface area contributed by atoms with Crippen LogP contribution in [0.3, 0.4) is 0 Å². The standard InChI is InChI=1S/C21H28N4O.2ClH/c1-22-13-16-8-10-25(11-9-16)21(26)19-12-18(14-23-15-19)17-4-6-20(7-5-17)24(2)3;;/h4-7,12,14-16,22H,8-11,13H2,1-3H3;2*1H. The molecular weight excluding hydrogens is 395 g/mol. The maximum Gasteiger partial charge on any atom is 0.255 e. The molecule has 1 N–H and O–H groups in total. The lowest BCUT2D eigenvalue weighted by molar-refractivity contribution is 0.0690. The second-order valence-corrected chi connectivity index (χ2v) is 7.20. The predicted octanol–water partition coefficient (Wildman–Crippen LogP) is 3.73. The lowest BCUT2D eigenvalue weighted by Crippen LogP contribution is -2.40. The summed E-state index contributed by atoms with van der Waals surface area (Å²) in [7, 11) is 6.03. The minimum absolute atomic E-state index is 0. The van der Waals surface area contributed by atoms with E-state index in [1.54, 1.807) is 6.20 Å². The molecule has 1 aromatic heterocycles. The van der Waals surface area contributed by atoms with Gasteiger partial charge >= 0.3 is 0 Å². The van der Waals surface area contributed by atoms with Gasteiger partial charge in [0.1, 0.15) is 0 Å². The Labute approximate surface area is 180 Å². The summed E-state index contributed by atoms with van der Waals surface area (Å²) in [5.41, 5.74) is 3.88. The highest BCUT2D eigenvalue weighted by Crippen LogP contribution is 2.24. The number of piperidine rings is 1. The summed E-state index contributed by atoms with van der Waals surface area (Å²) < 4.78 is 0. The Morgan fingerprint density at radius 2 is 1.75 bits per heavy atom. The van der Waals surface area contributed by atoms with Gasteiger partial charge in [-0.15, -0.1) is 24.8 Å². The summed E-state index contributed by atoms with van der Waals surface area (Å²) in [4.78, 5) is 21.2. The van der Waals surface area contributed by atoms with Crippen LogP contribution in [-0.2, 0) is 0 Å². The van der Waals surface area contributed by atoms with Crippen molar-refractivity contribution in [3.63, 3.8) is 0 Å². The molecule has 154 valence electrons. The van der Waals surface area contributed by atoms with Crippen LogP contribution in [0.5, 0.6) is 0 Å². The molecule has 1 aliphatic heterocycles. The fraction of sp³-hybridized carbons (Fsp3) is 0.429. The van der Waals surface area contributed by atoms with Gasteiger partial charge in [-0.05, 0) is 56.1 Å². The van der Waals surface area contributed by atoms with Crippen molar-refractivity contribution in [3.05, 3.63) is 48.3 Å². The molecule has 1 aliphatic rings. The number of aromatic nitrogens is 1. The topological polar surface area (TPSA) is 48.5 Å². The van der Waals surface area contributed by atoms with Gasteiger partial charge in [0.15, 0.2) is 0 Å². The summed E-state index contributed by atoms with van der Waals surface area (Å²) in [6, 6.07) is 10.3. The molecule has 3 rings (SSSR count). The number of nitrogens with zero attached hydrogens (tertiary/aromatic N) is 3. The number of halogens is 2. The lowest BCUT2D eigenvalue weighted by Gasteiger charge is -2.32. The Bertz CT molecular complexity index is 744. The van der Waals surface area contributed by atoms with Gasteiger partial charge in [0, 0.05) is 50.8 Å². The third-order valence-electron chi connectivity index (χ3n) is 5.10. The van der Waals surface area contributed by atoms with Crippen molar-refractivity contribution in [2.75, 3.05) is 45.7 Å². The van der Waals surface area contributed by atoms with Gasteiger partial charge in [0.2, 0.25) is 0 Å². The number of carbonyl (C=O) groups excluding carboxylic acids is 1. The SMILES string of the molecule is CNCC1CCN(C(=O)c2cncc(-c3ccc(N(C)C)cc3)c2)CC1.Cl.Cl. The van der Waals surface area contributed by atoms with Crippen LogP contribution in [0.2, 0.25) is 0 Å². The Balaban J connectivity index is 0.00000196. The first-order valence-corrected chi connectivity index (χ1v) is 9.25. The number of rotatable bonds is 5. The first kappa shape index (κ1) is 24.2. The highest BCUT2D eigenvalue weighted by molar-refractivity contribution is 5.95. The zero-order valence-corrected chi connectivity index (χ0v) is 18.4. The molecule has 5 nitrogen and oxygen atoms in total. The maximum absolute atomic E-state index is 12.9. The molecule has 1 amide bonds. The molecule has 1 saturated heterocycles.